The Morgan fingerprint density at radius 2 is 1.72 bits per heavy atom. The Hall–Kier alpha value is -3.68. The van der Waals surface area contributed by atoms with Crippen molar-refractivity contribution in [2.75, 3.05) is 12.4 Å². The number of rotatable bonds is 5. The van der Waals surface area contributed by atoms with Crippen LogP contribution in [0, 0.1) is 11.3 Å². The molecule has 0 unspecified atom stereocenters. The number of benzene rings is 2. The van der Waals surface area contributed by atoms with Crippen molar-refractivity contribution < 1.29 is 9.59 Å². The van der Waals surface area contributed by atoms with Crippen LogP contribution in [0.15, 0.2) is 59.6 Å². The molecule has 36 heavy (non-hydrogen) atoms. The molecular formula is C28H36N6O2. The Labute approximate surface area is 212 Å². The standard InChI is InChI=1S/C26H30N2O2.C2H6N4/c1-25(2,3)22-13-15-26(16-14-22)27-23(21-7-5-4-6-8-21)24(30)28(26)17-19-9-11-20(18-29)12-10-19;1-3-2-4-6-5-2/h4-12,18,22H,13-17H2,1-3H3;6H,1H3,(H2,3,4,5). The number of nitrogens with one attached hydrogen (secondary N) is 3. The smallest absolute Gasteiger partial charge is 0.274 e. The summed E-state index contributed by atoms with van der Waals surface area (Å²) in [5.74, 6) is 1.44. The third-order valence-electron chi connectivity index (χ3n) is 7.36. The normalized spacial score (nSPS) is 21.7. The lowest BCUT2D eigenvalue weighted by Crippen LogP contribution is -2.49. The predicted molar refractivity (Wildman–Crippen MR) is 142 cm³/mol. The quantitative estimate of drug-likeness (QED) is 0.437. The summed E-state index contributed by atoms with van der Waals surface area (Å²) in [5.41, 5.74) is 2.94. The highest BCUT2D eigenvalue weighted by Gasteiger charge is 2.49. The number of aliphatic imine (C=N–C) groups is 1. The monoisotopic (exact) mass is 488 g/mol. The maximum absolute atomic E-state index is 13.5. The van der Waals surface area contributed by atoms with Crippen LogP contribution >= 0.6 is 0 Å². The van der Waals surface area contributed by atoms with Gasteiger partial charge in [-0.15, -0.1) is 5.10 Å². The zero-order valence-corrected chi connectivity index (χ0v) is 21.5. The molecule has 1 spiro atoms. The van der Waals surface area contributed by atoms with Crippen molar-refractivity contribution in [2.24, 2.45) is 16.3 Å². The Morgan fingerprint density at radius 3 is 2.19 bits per heavy atom. The van der Waals surface area contributed by atoms with Gasteiger partial charge in [0.2, 0.25) is 5.95 Å². The molecule has 8 heteroatoms. The fourth-order valence-electron chi connectivity index (χ4n) is 5.08. The van der Waals surface area contributed by atoms with Gasteiger partial charge in [-0.2, -0.15) is 0 Å². The molecule has 0 radical (unpaired) electrons. The number of aromatic nitrogens is 3. The van der Waals surface area contributed by atoms with Gasteiger partial charge in [0.05, 0.1) is 0 Å². The predicted octanol–water partition coefficient (Wildman–Crippen LogP) is 5.04. The fourth-order valence-corrected chi connectivity index (χ4v) is 5.08. The number of carbonyl (C=O) groups is 2. The number of hydrogen-bond acceptors (Lipinski definition) is 5. The highest BCUT2D eigenvalue weighted by molar-refractivity contribution is 6.46. The molecule has 3 aromatic rings. The molecule has 8 nitrogen and oxygen atoms in total. The van der Waals surface area contributed by atoms with E-state index in [4.69, 9.17) is 4.99 Å². The van der Waals surface area contributed by atoms with Crippen LogP contribution in [0.2, 0.25) is 0 Å². The summed E-state index contributed by atoms with van der Waals surface area (Å²) in [6.07, 6.45) is 4.77. The lowest BCUT2D eigenvalue weighted by atomic mass is 9.69. The van der Waals surface area contributed by atoms with Crippen molar-refractivity contribution >= 4 is 23.9 Å². The first kappa shape index (κ1) is 25.4. The van der Waals surface area contributed by atoms with Crippen LogP contribution < -0.4 is 5.32 Å². The van der Waals surface area contributed by atoms with Gasteiger partial charge in [0.1, 0.15) is 17.7 Å². The van der Waals surface area contributed by atoms with E-state index in [2.05, 4.69) is 41.5 Å². The van der Waals surface area contributed by atoms with Crippen molar-refractivity contribution in [1.29, 1.82) is 0 Å². The number of amides is 1. The maximum Gasteiger partial charge on any atom is 0.274 e. The molecule has 1 aliphatic carbocycles. The van der Waals surface area contributed by atoms with E-state index < -0.39 is 5.66 Å². The van der Waals surface area contributed by atoms with Crippen molar-refractivity contribution in [3.05, 3.63) is 71.3 Å². The summed E-state index contributed by atoms with van der Waals surface area (Å²) in [4.78, 5) is 31.6. The molecule has 190 valence electrons. The van der Waals surface area contributed by atoms with Gasteiger partial charge in [-0.25, -0.2) is 5.21 Å². The van der Waals surface area contributed by atoms with Crippen LogP contribution in [-0.2, 0) is 11.3 Å². The molecule has 0 atom stereocenters. The summed E-state index contributed by atoms with van der Waals surface area (Å²) in [6.45, 7) is 7.43. The second-order valence-corrected chi connectivity index (χ2v) is 10.6. The van der Waals surface area contributed by atoms with E-state index in [0.717, 1.165) is 49.0 Å². The molecule has 1 saturated carbocycles. The SMILES string of the molecule is CC(C)(C)C1CCC2(CC1)N=C(c1ccccc1)C(=O)N2Cc1ccc(C=O)cc1.CNc1n[nH][nH]1. The van der Waals surface area contributed by atoms with Gasteiger partial charge in [0.15, 0.2) is 0 Å². The number of H-pyrrole nitrogens is 2. The Morgan fingerprint density at radius 1 is 1.08 bits per heavy atom. The largest absolute Gasteiger partial charge is 0.356 e. The van der Waals surface area contributed by atoms with Crippen LogP contribution in [0.3, 0.4) is 0 Å². The lowest BCUT2D eigenvalue weighted by molar-refractivity contribution is -0.130. The summed E-state index contributed by atoms with van der Waals surface area (Å²) < 4.78 is 0. The summed E-state index contributed by atoms with van der Waals surface area (Å²) in [6, 6.07) is 17.3. The van der Waals surface area contributed by atoms with Crippen LogP contribution in [0.1, 0.15) is 67.9 Å². The van der Waals surface area contributed by atoms with Gasteiger partial charge in [0, 0.05) is 24.7 Å². The molecule has 0 bridgehead atoms. The Kier molecular flexibility index (Phi) is 7.43. The van der Waals surface area contributed by atoms with Gasteiger partial charge in [-0.1, -0.05) is 75.4 Å². The zero-order valence-electron chi connectivity index (χ0n) is 21.5. The number of aromatic amines is 2. The maximum atomic E-state index is 13.5. The van der Waals surface area contributed by atoms with E-state index in [1.165, 1.54) is 0 Å². The highest BCUT2D eigenvalue weighted by atomic mass is 16.2. The minimum atomic E-state index is -0.465. The first-order valence-corrected chi connectivity index (χ1v) is 12.5. The second kappa shape index (κ2) is 10.5. The fraction of sp³-hybridized carbons (Fsp3) is 0.429. The summed E-state index contributed by atoms with van der Waals surface area (Å²) >= 11 is 0. The first-order valence-electron chi connectivity index (χ1n) is 12.5. The van der Waals surface area contributed by atoms with Crippen molar-refractivity contribution in [3.63, 3.8) is 0 Å². The van der Waals surface area contributed by atoms with Gasteiger partial charge in [0.25, 0.3) is 5.91 Å². The number of carbonyl (C=O) groups excluding carboxylic acids is 2. The van der Waals surface area contributed by atoms with E-state index in [1.54, 1.807) is 7.05 Å². The third-order valence-corrected chi connectivity index (χ3v) is 7.36. The van der Waals surface area contributed by atoms with E-state index in [0.29, 0.717) is 23.7 Å². The van der Waals surface area contributed by atoms with Crippen LogP contribution in [-0.4, -0.2) is 50.9 Å². The summed E-state index contributed by atoms with van der Waals surface area (Å²) in [7, 11) is 1.80. The van der Waals surface area contributed by atoms with Crippen molar-refractivity contribution in [1.82, 2.24) is 20.3 Å². The molecule has 3 N–H and O–H groups in total. The van der Waals surface area contributed by atoms with Crippen LogP contribution in [0.4, 0.5) is 5.95 Å². The van der Waals surface area contributed by atoms with Crippen LogP contribution in [0.5, 0.6) is 0 Å². The molecule has 1 aromatic heterocycles. The molecule has 1 fully saturated rings. The van der Waals surface area contributed by atoms with Gasteiger partial charge in [-0.3, -0.25) is 19.7 Å². The Bertz CT molecular complexity index is 1170. The number of aldehydes is 1. The minimum absolute atomic E-state index is 0.00914. The molecule has 0 saturated heterocycles. The van der Waals surface area contributed by atoms with E-state index in [9.17, 15) is 9.59 Å². The van der Waals surface area contributed by atoms with Gasteiger partial charge >= 0.3 is 0 Å². The van der Waals surface area contributed by atoms with E-state index in [-0.39, 0.29) is 11.3 Å². The first-order chi connectivity index (χ1) is 17.3. The van der Waals surface area contributed by atoms with Gasteiger partial charge < -0.3 is 10.2 Å². The van der Waals surface area contributed by atoms with E-state index in [1.807, 2.05) is 59.5 Å². The number of anilines is 1. The summed E-state index contributed by atoms with van der Waals surface area (Å²) in [5, 5.41) is 11.6. The second-order valence-electron chi connectivity index (χ2n) is 10.6. The highest BCUT2D eigenvalue weighted by Crippen LogP contribution is 2.47. The molecule has 2 aliphatic rings. The minimum Gasteiger partial charge on any atom is -0.356 e. The topological polar surface area (TPSA) is 106 Å². The average molecular weight is 489 g/mol. The van der Waals surface area contributed by atoms with E-state index >= 15 is 0 Å². The molecule has 1 aliphatic heterocycles. The Balaban J connectivity index is 0.000000445. The molecule has 2 aromatic carbocycles. The number of hydrogen-bond donors (Lipinski definition) is 3. The van der Waals surface area contributed by atoms with Crippen LogP contribution in [0.25, 0.3) is 0 Å². The molecule has 5 rings (SSSR count). The third kappa shape index (κ3) is 5.42. The zero-order chi connectivity index (χ0) is 25.8. The van der Waals surface area contributed by atoms with Gasteiger partial charge in [-0.05, 0) is 42.6 Å². The van der Waals surface area contributed by atoms with Crippen molar-refractivity contribution in [3.8, 4) is 0 Å². The molecule has 1 amide bonds. The molecular weight excluding hydrogens is 452 g/mol. The van der Waals surface area contributed by atoms with Crippen molar-refractivity contribution in [2.45, 2.75) is 58.7 Å². The lowest BCUT2D eigenvalue weighted by Gasteiger charge is -2.44. The number of nitrogens with zero attached hydrogens (tertiary/aromatic N) is 3. The molecule has 2 heterocycles. The average Bonchev–Trinajstić information content (AvgIpc) is 3.10.